The molecule has 0 saturated heterocycles. The van der Waals surface area contributed by atoms with Gasteiger partial charge in [-0.2, -0.15) is 0 Å². The van der Waals surface area contributed by atoms with Crippen molar-refractivity contribution in [3.05, 3.63) is 59.7 Å². The van der Waals surface area contributed by atoms with E-state index in [0.29, 0.717) is 17.8 Å². The highest BCUT2D eigenvalue weighted by molar-refractivity contribution is 7.92. The van der Waals surface area contributed by atoms with E-state index in [-0.39, 0.29) is 10.8 Å². The second kappa shape index (κ2) is 9.01. The van der Waals surface area contributed by atoms with Gasteiger partial charge < -0.3 is 10.2 Å². The van der Waals surface area contributed by atoms with Crippen LogP contribution in [0.3, 0.4) is 0 Å². The number of sulfonamides is 1. The molecule has 1 N–H and O–H groups in total. The Morgan fingerprint density at radius 2 is 1.63 bits per heavy atom. The fraction of sp³-hybridized carbons (Fsp3) is 0.350. The highest BCUT2D eigenvalue weighted by Crippen LogP contribution is 2.25. The molecule has 0 bridgehead atoms. The zero-order valence-corrected chi connectivity index (χ0v) is 17.1. The van der Waals surface area contributed by atoms with Crippen molar-refractivity contribution in [2.24, 2.45) is 0 Å². The highest BCUT2D eigenvalue weighted by atomic mass is 32.2. The standard InChI is InChI=1S/C20H27N3O3S/c1-16-10-12-17(13-11-16)27(25,26)23(4)19-9-6-5-8-18(19)20(24)21-14-7-15-22(2)3/h5-6,8-13H,7,14-15H2,1-4H3,(H,21,24). The molecule has 2 rings (SSSR count). The Kier molecular flexibility index (Phi) is 6.98. The first-order valence-electron chi connectivity index (χ1n) is 8.81. The summed E-state index contributed by atoms with van der Waals surface area (Å²) in [5.74, 6) is -0.282. The first-order valence-corrected chi connectivity index (χ1v) is 10.2. The van der Waals surface area contributed by atoms with Gasteiger partial charge in [-0.25, -0.2) is 8.42 Å². The van der Waals surface area contributed by atoms with Gasteiger partial charge in [-0.1, -0.05) is 29.8 Å². The molecule has 1 amide bonds. The van der Waals surface area contributed by atoms with Crippen LogP contribution in [-0.2, 0) is 10.0 Å². The minimum Gasteiger partial charge on any atom is -0.352 e. The van der Waals surface area contributed by atoms with Gasteiger partial charge in [-0.15, -0.1) is 0 Å². The summed E-state index contributed by atoms with van der Waals surface area (Å²) in [7, 11) is 1.66. The summed E-state index contributed by atoms with van der Waals surface area (Å²) in [6.07, 6.45) is 0.818. The van der Waals surface area contributed by atoms with Crippen LogP contribution in [0.2, 0.25) is 0 Å². The Balaban J connectivity index is 2.23. The minimum atomic E-state index is -3.75. The van der Waals surface area contributed by atoms with E-state index in [9.17, 15) is 13.2 Å². The minimum absolute atomic E-state index is 0.191. The molecule has 0 spiro atoms. The first kappa shape index (κ1) is 20.9. The van der Waals surface area contributed by atoms with Crippen LogP contribution in [0.15, 0.2) is 53.4 Å². The number of para-hydroxylation sites is 1. The van der Waals surface area contributed by atoms with Crippen molar-refractivity contribution in [1.29, 1.82) is 0 Å². The van der Waals surface area contributed by atoms with Gasteiger partial charge in [0.2, 0.25) is 0 Å². The topological polar surface area (TPSA) is 69.7 Å². The number of hydrogen-bond donors (Lipinski definition) is 1. The zero-order chi connectivity index (χ0) is 20.0. The number of nitrogens with zero attached hydrogens (tertiary/aromatic N) is 2. The Hall–Kier alpha value is -2.38. The SMILES string of the molecule is Cc1ccc(S(=O)(=O)N(C)c2ccccc2C(=O)NCCCN(C)C)cc1. The van der Waals surface area contributed by atoms with Gasteiger partial charge in [-0.3, -0.25) is 9.10 Å². The van der Waals surface area contributed by atoms with E-state index in [1.54, 1.807) is 48.5 Å². The van der Waals surface area contributed by atoms with Crippen molar-refractivity contribution in [1.82, 2.24) is 10.2 Å². The van der Waals surface area contributed by atoms with Crippen LogP contribution in [0, 0.1) is 6.92 Å². The molecule has 6 nitrogen and oxygen atoms in total. The van der Waals surface area contributed by atoms with E-state index in [4.69, 9.17) is 0 Å². The maximum Gasteiger partial charge on any atom is 0.264 e. The molecule has 0 aliphatic heterocycles. The van der Waals surface area contributed by atoms with Crippen LogP contribution in [-0.4, -0.2) is 53.5 Å². The van der Waals surface area contributed by atoms with E-state index in [2.05, 4.69) is 5.32 Å². The predicted molar refractivity (Wildman–Crippen MR) is 109 cm³/mol. The first-order chi connectivity index (χ1) is 12.7. The normalized spacial score (nSPS) is 11.4. The largest absolute Gasteiger partial charge is 0.352 e. The number of carbonyl (C=O) groups excluding carboxylic acids is 1. The van der Waals surface area contributed by atoms with Gasteiger partial charge in [0, 0.05) is 13.6 Å². The third-order valence-electron chi connectivity index (χ3n) is 4.23. The van der Waals surface area contributed by atoms with Crippen LogP contribution in [0.1, 0.15) is 22.3 Å². The number of carbonyl (C=O) groups is 1. The summed E-state index contributed by atoms with van der Waals surface area (Å²) in [5, 5.41) is 2.86. The van der Waals surface area contributed by atoms with E-state index >= 15 is 0 Å². The molecule has 0 saturated carbocycles. The van der Waals surface area contributed by atoms with Gasteiger partial charge in [0.25, 0.3) is 15.9 Å². The molecule has 0 heterocycles. The molecular weight excluding hydrogens is 362 g/mol. The Morgan fingerprint density at radius 1 is 1.00 bits per heavy atom. The molecule has 0 aliphatic carbocycles. The van der Waals surface area contributed by atoms with Gasteiger partial charge >= 0.3 is 0 Å². The maximum absolute atomic E-state index is 12.9. The third kappa shape index (κ3) is 5.30. The second-order valence-corrected chi connectivity index (χ2v) is 8.68. The van der Waals surface area contributed by atoms with Gasteiger partial charge in [0.05, 0.1) is 16.1 Å². The van der Waals surface area contributed by atoms with E-state index in [1.165, 1.54) is 7.05 Å². The lowest BCUT2D eigenvalue weighted by atomic mass is 10.1. The van der Waals surface area contributed by atoms with Crippen LogP contribution in [0.4, 0.5) is 5.69 Å². The van der Waals surface area contributed by atoms with Crippen LogP contribution >= 0.6 is 0 Å². The van der Waals surface area contributed by atoms with E-state index in [1.807, 2.05) is 25.9 Å². The fourth-order valence-corrected chi connectivity index (χ4v) is 3.84. The van der Waals surface area contributed by atoms with Crippen molar-refractivity contribution in [2.75, 3.05) is 38.5 Å². The molecule has 0 unspecified atom stereocenters. The van der Waals surface area contributed by atoms with Gasteiger partial charge in [-0.05, 0) is 58.3 Å². The highest BCUT2D eigenvalue weighted by Gasteiger charge is 2.24. The Morgan fingerprint density at radius 3 is 2.26 bits per heavy atom. The molecular formula is C20H27N3O3S. The number of benzene rings is 2. The number of anilines is 1. The summed E-state index contributed by atoms with van der Waals surface area (Å²) < 4.78 is 27.0. The second-order valence-electron chi connectivity index (χ2n) is 6.72. The Labute approximate surface area is 161 Å². The molecule has 146 valence electrons. The molecule has 2 aromatic carbocycles. The van der Waals surface area contributed by atoms with Crippen molar-refractivity contribution >= 4 is 21.6 Å². The van der Waals surface area contributed by atoms with Crippen molar-refractivity contribution < 1.29 is 13.2 Å². The van der Waals surface area contributed by atoms with Crippen molar-refractivity contribution in [2.45, 2.75) is 18.2 Å². The molecule has 0 atom stereocenters. The number of aryl methyl sites for hydroxylation is 1. The zero-order valence-electron chi connectivity index (χ0n) is 16.3. The molecule has 0 aromatic heterocycles. The molecule has 0 fully saturated rings. The Bertz CT molecular complexity index is 878. The summed E-state index contributed by atoms with van der Waals surface area (Å²) in [6.45, 7) is 3.29. The number of nitrogens with one attached hydrogen (secondary N) is 1. The quantitative estimate of drug-likeness (QED) is 0.705. The van der Waals surface area contributed by atoms with Crippen molar-refractivity contribution in [3.8, 4) is 0 Å². The van der Waals surface area contributed by atoms with Crippen LogP contribution < -0.4 is 9.62 Å². The monoisotopic (exact) mass is 389 g/mol. The summed E-state index contributed by atoms with van der Waals surface area (Å²) in [6, 6.07) is 13.4. The lowest BCUT2D eigenvalue weighted by Gasteiger charge is -2.22. The predicted octanol–water partition coefficient (Wildman–Crippen LogP) is 2.50. The smallest absolute Gasteiger partial charge is 0.264 e. The third-order valence-corrected chi connectivity index (χ3v) is 6.02. The molecule has 2 aromatic rings. The van der Waals surface area contributed by atoms with Crippen LogP contribution in [0.25, 0.3) is 0 Å². The van der Waals surface area contributed by atoms with Gasteiger partial charge in [0.1, 0.15) is 0 Å². The van der Waals surface area contributed by atoms with E-state index in [0.717, 1.165) is 22.8 Å². The summed E-state index contributed by atoms with van der Waals surface area (Å²) in [5.41, 5.74) is 1.66. The fourth-order valence-electron chi connectivity index (χ4n) is 2.63. The van der Waals surface area contributed by atoms with E-state index < -0.39 is 10.0 Å². The molecule has 7 heteroatoms. The average molecular weight is 390 g/mol. The van der Waals surface area contributed by atoms with Gasteiger partial charge in [0.15, 0.2) is 0 Å². The number of amides is 1. The maximum atomic E-state index is 12.9. The lowest BCUT2D eigenvalue weighted by molar-refractivity contribution is 0.0953. The average Bonchev–Trinajstić information content (AvgIpc) is 2.64. The summed E-state index contributed by atoms with van der Waals surface area (Å²) in [4.78, 5) is 14.8. The number of rotatable bonds is 8. The van der Waals surface area contributed by atoms with Crippen molar-refractivity contribution in [3.63, 3.8) is 0 Å². The molecule has 0 aliphatic rings. The lowest BCUT2D eigenvalue weighted by Crippen LogP contribution is -2.31. The molecule has 27 heavy (non-hydrogen) atoms. The summed E-state index contributed by atoms with van der Waals surface area (Å²) >= 11 is 0. The van der Waals surface area contributed by atoms with Crippen LogP contribution in [0.5, 0.6) is 0 Å². The number of hydrogen-bond acceptors (Lipinski definition) is 4. The molecule has 0 radical (unpaired) electrons.